The zero-order chi connectivity index (χ0) is 17.1. The fraction of sp³-hybridized carbons (Fsp3) is 0.316. The van der Waals surface area contributed by atoms with Gasteiger partial charge in [-0.25, -0.2) is 0 Å². The molecular weight excluding hydrogens is 306 g/mol. The molecule has 0 radical (unpaired) electrons. The van der Waals surface area contributed by atoms with E-state index in [1.54, 1.807) is 18.2 Å². The molecular formula is C19H17NO4. The molecule has 0 bridgehead atoms. The maximum Gasteiger partial charge on any atom is 0.275 e. The summed E-state index contributed by atoms with van der Waals surface area (Å²) in [5.41, 5.74) is 0.939. The van der Waals surface area contributed by atoms with Gasteiger partial charge < -0.3 is 4.74 Å². The van der Waals surface area contributed by atoms with E-state index in [4.69, 9.17) is 4.74 Å². The van der Waals surface area contributed by atoms with E-state index in [2.05, 4.69) is 13.8 Å². The Morgan fingerprint density at radius 1 is 1.12 bits per heavy atom. The number of nitrogens with zero attached hydrogens (tertiary/aromatic N) is 1. The summed E-state index contributed by atoms with van der Waals surface area (Å²) in [6, 6.07) is 14.1. The first kappa shape index (κ1) is 15.0. The number of para-hydroxylation sites is 1. The van der Waals surface area contributed by atoms with Gasteiger partial charge in [0.05, 0.1) is 10.5 Å². The third-order valence-electron chi connectivity index (χ3n) is 5.10. The Kier molecular flexibility index (Phi) is 2.97. The molecule has 0 aromatic heterocycles. The normalized spacial score (nSPS) is 26.9. The fourth-order valence-corrected chi connectivity index (χ4v) is 4.00. The highest BCUT2D eigenvalue weighted by atomic mass is 16.6. The van der Waals surface area contributed by atoms with E-state index in [0.717, 1.165) is 5.56 Å². The molecule has 24 heavy (non-hydrogen) atoms. The molecule has 1 fully saturated rings. The van der Waals surface area contributed by atoms with Crippen molar-refractivity contribution in [1.29, 1.82) is 0 Å². The second kappa shape index (κ2) is 4.74. The minimum Gasteiger partial charge on any atom is -0.352 e. The minimum absolute atomic E-state index is 0.00356. The highest BCUT2D eigenvalue weighted by Gasteiger charge is 2.68. The molecule has 1 saturated heterocycles. The molecule has 4 rings (SSSR count). The smallest absolute Gasteiger partial charge is 0.275 e. The number of carbonyl (C=O) groups excluding carboxylic acids is 1. The van der Waals surface area contributed by atoms with Crippen molar-refractivity contribution in [3.8, 4) is 0 Å². The average Bonchev–Trinajstić information content (AvgIpc) is 3.27. The standard InChI is InChI=1S/C19H17NO4/c1-18(2)11-19(16(21)12-7-3-5-9-14(12)18)17(24-19)13-8-4-6-10-15(13)20(22)23/h3-10,17H,11H2,1-2H3/t17-,19-/m1/s1. The molecule has 1 heterocycles. The maximum atomic E-state index is 13.1. The summed E-state index contributed by atoms with van der Waals surface area (Å²) in [6.07, 6.45) is -0.0359. The highest BCUT2D eigenvalue weighted by molar-refractivity contribution is 6.07. The van der Waals surface area contributed by atoms with Gasteiger partial charge in [-0.1, -0.05) is 50.2 Å². The number of epoxide rings is 1. The number of carbonyl (C=O) groups is 1. The number of hydrogen-bond donors (Lipinski definition) is 0. The van der Waals surface area contributed by atoms with Crippen molar-refractivity contribution in [3.63, 3.8) is 0 Å². The van der Waals surface area contributed by atoms with Gasteiger partial charge in [-0.15, -0.1) is 0 Å². The summed E-state index contributed by atoms with van der Waals surface area (Å²) in [5, 5.41) is 11.3. The van der Waals surface area contributed by atoms with Crippen molar-refractivity contribution in [3.05, 3.63) is 75.3 Å². The Bertz CT molecular complexity index is 873. The van der Waals surface area contributed by atoms with Crippen LogP contribution in [-0.4, -0.2) is 16.3 Å². The van der Waals surface area contributed by atoms with Gasteiger partial charge in [0.15, 0.2) is 11.4 Å². The number of fused-ring (bicyclic) bond motifs is 1. The number of hydrogen-bond acceptors (Lipinski definition) is 4. The lowest BCUT2D eigenvalue weighted by molar-refractivity contribution is -0.385. The average molecular weight is 323 g/mol. The molecule has 2 aromatic rings. The van der Waals surface area contributed by atoms with Gasteiger partial charge in [-0.05, 0) is 23.5 Å². The van der Waals surface area contributed by atoms with E-state index in [0.29, 0.717) is 17.5 Å². The summed E-state index contributed by atoms with van der Waals surface area (Å²) < 4.78 is 5.87. The van der Waals surface area contributed by atoms with Gasteiger partial charge in [-0.3, -0.25) is 14.9 Å². The molecule has 1 spiro atoms. The van der Waals surface area contributed by atoms with Crippen molar-refractivity contribution in [1.82, 2.24) is 0 Å². The molecule has 0 saturated carbocycles. The van der Waals surface area contributed by atoms with Gasteiger partial charge in [0.25, 0.3) is 5.69 Å². The first-order valence-corrected chi connectivity index (χ1v) is 7.92. The third-order valence-corrected chi connectivity index (χ3v) is 5.10. The monoisotopic (exact) mass is 323 g/mol. The van der Waals surface area contributed by atoms with Crippen LogP contribution in [0.25, 0.3) is 0 Å². The van der Waals surface area contributed by atoms with Crippen LogP contribution in [0.5, 0.6) is 0 Å². The Balaban J connectivity index is 1.80. The van der Waals surface area contributed by atoms with Crippen LogP contribution in [0.1, 0.15) is 47.9 Å². The van der Waals surface area contributed by atoms with Gasteiger partial charge in [0.1, 0.15) is 6.10 Å². The number of benzene rings is 2. The summed E-state index contributed by atoms with van der Waals surface area (Å²) in [7, 11) is 0. The second-order valence-corrected chi connectivity index (χ2v) is 7.14. The van der Waals surface area contributed by atoms with Gasteiger partial charge in [0, 0.05) is 11.6 Å². The van der Waals surface area contributed by atoms with E-state index in [-0.39, 0.29) is 16.9 Å². The predicted molar refractivity (Wildman–Crippen MR) is 88.1 cm³/mol. The lowest BCUT2D eigenvalue weighted by atomic mass is 9.66. The van der Waals surface area contributed by atoms with E-state index in [9.17, 15) is 14.9 Å². The summed E-state index contributed by atoms with van der Waals surface area (Å²) in [6.45, 7) is 4.16. The Morgan fingerprint density at radius 3 is 2.54 bits per heavy atom. The van der Waals surface area contributed by atoms with E-state index in [1.165, 1.54) is 6.07 Å². The molecule has 122 valence electrons. The number of rotatable bonds is 2. The fourth-order valence-electron chi connectivity index (χ4n) is 4.00. The quantitative estimate of drug-likeness (QED) is 0.476. The maximum absolute atomic E-state index is 13.1. The Morgan fingerprint density at radius 2 is 1.79 bits per heavy atom. The first-order valence-electron chi connectivity index (χ1n) is 7.92. The lowest BCUT2D eigenvalue weighted by Gasteiger charge is -2.35. The van der Waals surface area contributed by atoms with Crippen LogP contribution in [0, 0.1) is 10.1 Å². The van der Waals surface area contributed by atoms with Crippen LogP contribution in [-0.2, 0) is 10.2 Å². The molecule has 0 unspecified atom stereocenters. The number of ether oxygens (including phenoxy) is 1. The summed E-state index contributed by atoms with van der Waals surface area (Å²) in [5.74, 6) is -0.0689. The topological polar surface area (TPSA) is 72.7 Å². The molecule has 2 atom stereocenters. The largest absolute Gasteiger partial charge is 0.352 e. The Hall–Kier alpha value is -2.53. The molecule has 0 amide bonds. The van der Waals surface area contributed by atoms with Crippen LogP contribution in [0.4, 0.5) is 5.69 Å². The lowest BCUT2D eigenvalue weighted by Crippen LogP contribution is -2.40. The number of nitro groups is 1. The SMILES string of the molecule is CC1(C)C[C@@]2(O[C@@H]2c2ccccc2[N+](=O)[O-])C(=O)c2ccccc21. The minimum atomic E-state index is -0.982. The van der Waals surface area contributed by atoms with Crippen molar-refractivity contribution < 1.29 is 14.5 Å². The van der Waals surface area contributed by atoms with Crippen LogP contribution in [0.3, 0.4) is 0 Å². The summed E-state index contributed by atoms with van der Waals surface area (Å²) in [4.78, 5) is 23.9. The third kappa shape index (κ3) is 1.94. The van der Waals surface area contributed by atoms with Crippen LogP contribution in [0.2, 0.25) is 0 Å². The van der Waals surface area contributed by atoms with Crippen LogP contribution in [0.15, 0.2) is 48.5 Å². The van der Waals surface area contributed by atoms with Gasteiger partial charge >= 0.3 is 0 Å². The van der Waals surface area contributed by atoms with Crippen molar-refractivity contribution in [2.24, 2.45) is 0 Å². The van der Waals surface area contributed by atoms with Crippen LogP contribution >= 0.6 is 0 Å². The van der Waals surface area contributed by atoms with Crippen molar-refractivity contribution in [2.75, 3.05) is 0 Å². The predicted octanol–water partition coefficient (Wildman–Crippen LogP) is 3.97. The molecule has 5 nitrogen and oxygen atoms in total. The molecule has 0 N–H and O–H groups in total. The van der Waals surface area contributed by atoms with E-state index >= 15 is 0 Å². The molecule has 1 aliphatic carbocycles. The molecule has 2 aliphatic rings. The number of nitro benzene ring substituents is 1. The van der Waals surface area contributed by atoms with Crippen LogP contribution < -0.4 is 0 Å². The number of Topliss-reactive ketones (excluding diaryl/α,β-unsaturated/α-hetero) is 1. The van der Waals surface area contributed by atoms with Crippen molar-refractivity contribution in [2.45, 2.75) is 37.4 Å². The van der Waals surface area contributed by atoms with E-state index < -0.39 is 16.6 Å². The number of ketones is 1. The zero-order valence-corrected chi connectivity index (χ0v) is 13.5. The first-order chi connectivity index (χ1) is 11.4. The van der Waals surface area contributed by atoms with Gasteiger partial charge in [0.2, 0.25) is 0 Å². The highest BCUT2D eigenvalue weighted by Crippen LogP contribution is 2.61. The molecule has 1 aliphatic heterocycles. The molecule has 2 aromatic carbocycles. The van der Waals surface area contributed by atoms with Crippen molar-refractivity contribution >= 4 is 11.5 Å². The van der Waals surface area contributed by atoms with E-state index in [1.807, 2.05) is 24.3 Å². The second-order valence-electron chi connectivity index (χ2n) is 7.14. The summed E-state index contributed by atoms with van der Waals surface area (Å²) >= 11 is 0. The Labute approximate surface area is 139 Å². The zero-order valence-electron chi connectivity index (χ0n) is 13.5. The molecule has 5 heteroatoms. The van der Waals surface area contributed by atoms with Gasteiger partial charge in [-0.2, -0.15) is 0 Å².